The van der Waals surface area contributed by atoms with Crippen molar-refractivity contribution < 1.29 is 15.0 Å². The molecule has 0 unspecified atom stereocenters. The Kier molecular flexibility index (Phi) is 4.16. The van der Waals surface area contributed by atoms with E-state index in [2.05, 4.69) is 6.92 Å². The lowest BCUT2D eigenvalue weighted by atomic mass is 9.70. The number of carbonyl (C=O) groups is 1. The van der Waals surface area contributed by atoms with Crippen molar-refractivity contribution in [3.63, 3.8) is 0 Å². The highest BCUT2D eigenvalue weighted by atomic mass is 35.5. The molecule has 3 nitrogen and oxygen atoms in total. The second-order valence-corrected chi connectivity index (χ2v) is 6.05. The van der Waals surface area contributed by atoms with Crippen molar-refractivity contribution in [3.8, 4) is 0 Å². The van der Waals surface area contributed by atoms with E-state index in [4.69, 9.17) is 11.6 Å². The van der Waals surface area contributed by atoms with Gasteiger partial charge in [0.25, 0.3) is 0 Å². The maximum atomic E-state index is 11.6. The topological polar surface area (TPSA) is 57.5 Å². The third kappa shape index (κ3) is 3.10. The first kappa shape index (κ1) is 14.4. The smallest absolute Gasteiger partial charge is 0.313 e. The van der Waals surface area contributed by atoms with E-state index in [9.17, 15) is 15.0 Å². The minimum absolute atomic E-state index is 0.497. The molecule has 0 saturated heterocycles. The fourth-order valence-corrected chi connectivity index (χ4v) is 3.12. The molecule has 1 aromatic carbocycles. The van der Waals surface area contributed by atoms with Crippen LogP contribution in [0.25, 0.3) is 0 Å². The van der Waals surface area contributed by atoms with E-state index in [0.717, 1.165) is 12.8 Å². The summed E-state index contributed by atoms with van der Waals surface area (Å²) in [6.07, 6.45) is 2.77. The van der Waals surface area contributed by atoms with Crippen LogP contribution in [0.4, 0.5) is 0 Å². The molecule has 1 aliphatic rings. The van der Waals surface area contributed by atoms with E-state index in [0.29, 0.717) is 29.3 Å². The predicted octanol–water partition coefficient (Wildman–Crippen LogP) is 3.45. The van der Waals surface area contributed by atoms with Crippen LogP contribution in [-0.4, -0.2) is 21.8 Å². The van der Waals surface area contributed by atoms with E-state index >= 15 is 0 Å². The zero-order valence-corrected chi connectivity index (χ0v) is 11.7. The number of hydrogen-bond donors (Lipinski definition) is 2. The highest BCUT2D eigenvalue weighted by molar-refractivity contribution is 6.30. The highest BCUT2D eigenvalue weighted by Crippen LogP contribution is 2.42. The van der Waals surface area contributed by atoms with Gasteiger partial charge in [0.2, 0.25) is 0 Å². The summed E-state index contributed by atoms with van der Waals surface area (Å²) in [5, 5.41) is 20.7. The number of carboxylic acid groups (broad SMARTS) is 1. The molecule has 1 fully saturated rings. The number of halogens is 1. The molecule has 1 aliphatic carbocycles. The van der Waals surface area contributed by atoms with Gasteiger partial charge in [0.15, 0.2) is 0 Å². The summed E-state index contributed by atoms with van der Waals surface area (Å²) >= 11 is 5.93. The summed E-state index contributed by atoms with van der Waals surface area (Å²) in [6.45, 7) is 2.13. The second kappa shape index (κ2) is 5.51. The highest BCUT2D eigenvalue weighted by Gasteiger charge is 2.44. The summed E-state index contributed by atoms with van der Waals surface area (Å²) in [4.78, 5) is 11.6. The molecular formula is C15H19ClO3. The number of aliphatic hydroxyl groups is 1. The van der Waals surface area contributed by atoms with E-state index < -0.39 is 17.5 Å². The molecule has 104 valence electrons. The largest absolute Gasteiger partial charge is 0.481 e. The third-order valence-corrected chi connectivity index (χ3v) is 4.34. The zero-order chi connectivity index (χ0) is 14.0. The van der Waals surface area contributed by atoms with Gasteiger partial charge >= 0.3 is 5.97 Å². The Morgan fingerprint density at radius 3 is 2.58 bits per heavy atom. The first-order chi connectivity index (χ1) is 8.92. The molecule has 0 amide bonds. The molecule has 1 atom stereocenters. The molecule has 1 aromatic rings. The van der Waals surface area contributed by atoms with Crippen LogP contribution in [0.5, 0.6) is 0 Å². The summed E-state index contributed by atoms with van der Waals surface area (Å²) in [5.41, 5.74) is -0.583. The van der Waals surface area contributed by atoms with Gasteiger partial charge in [0.05, 0.1) is 5.60 Å². The normalized spacial score (nSPS) is 28.9. The molecule has 19 heavy (non-hydrogen) atoms. The maximum Gasteiger partial charge on any atom is 0.313 e. The van der Waals surface area contributed by atoms with Crippen molar-refractivity contribution in [2.24, 2.45) is 5.92 Å². The Bertz CT molecular complexity index is 464. The number of rotatable bonds is 3. The number of benzene rings is 1. The molecule has 0 heterocycles. The summed E-state index contributed by atoms with van der Waals surface area (Å²) in [5.74, 6) is -1.34. The standard InChI is InChI=1S/C15H19ClO3/c1-10-5-7-15(19,8-6-10)13(14(17)18)11-3-2-4-12(16)9-11/h2-4,9-10,13,19H,5-8H2,1H3,(H,17,18)/t10?,13-,15?/m0/s1. The minimum atomic E-state index is -1.16. The van der Waals surface area contributed by atoms with Crippen LogP contribution in [0.1, 0.15) is 44.1 Å². The van der Waals surface area contributed by atoms with Gasteiger partial charge in [-0.25, -0.2) is 0 Å². The summed E-state index contributed by atoms with van der Waals surface area (Å²) in [6, 6.07) is 6.79. The minimum Gasteiger partial charge on any atom is -0.481 e. The fourth-order valence-electron chi connectivity index (χ4n) is 2.92. The van der Waals surface area contributed by atoms with Crippen molar-refractivity contribution in [3.05, 3.63) is 34.9 Å². The SMILES string of the molecule is CC1CCC(O)([C@H](C(=O)O)c2cccc(Cl)c2)CC1. The van der Waals surface area contributed by atoms with Gasteiger partial charge in [-0.2, -0.15) is 0 Å². The number of aliphatic carboxylic acids is 1. The summed E-state index contributed by atoms with van der Waals surface area (Å²) < 4.78 is 0. The van der Waals surface area contributed by atoms with Crippen LogP contribution < -0.4 is 0 Å². The van der Waals surface area contributed by atoms with Gasteiger partial charge in [-0.1, -0.05) is 30.7 Å². The average molecular weight is 283 g/mol. The van der Waals surface area contributed by atoms with Gasteiger partial charge in [-0.05, 0) is 49.3 Å². The van der Waals surface area contributed by atoms with E-state index in [1.54, 1.807) is 24.3 Å². The molecule has 0 spiro atoms. The number of carboxylic acids is 1. The van der Waals surface area contributed by atoms with Gasteiger partial charge in [0.1, 0.15) is 5.92 Å². The second-order valence-electron chi connectivity index (χ2n) is 5.61. The van der Waals surface area contributed by atoms with Crippen LogP contribution in [0.2, 0.25) is 5.02 Å². The monoisotopic (exact) mass is 282 g/mol. The van der Waals surface area contributed by atoms with Crippen molar-refractivity contribution >= 4 is 17.6 Å². The van der Waals surface area contributed by atoms with Gasteiger partial charge in [-0.15, -0.1) is 0 Å². The lowest BCUT2D eigenvalue weighted by Crippen LogP contribution is -2.43. The van der Waals surface area contributed by atoms with E-state index in [-0.39, 0.29) is 0 Å². The molecule has 4 heteroatoms. The molecule has 2 N–H and O–H groups in total. The van der Waals surface area contributed by atoms with E-state index in [1.165, 1.54) is 0 Å². The summed E-state index contributed by atoms with van der Waals surface area (Å²) in [7, 11) is 0. The van der Waals surface area contributed by atoms with Crippen LogP contribution >= 0.6 is 11.6 Å². The zero-order valence-electron chi connectivity index (χ0n) is 11.0. The van der Waals surface area contributed by atoms with Crippen LogP contribution in [-0.2, 0) is 4.79 Å². The predicted molar refractivity (Wildman–Crippen MR) is 74.4 cm³/mol. The molecule has 0 aromatic heterocycles. The Morgan fingerprint density at radius 2 is 2.05 bits per heavy atom. The Morgan fingerprint density at radius 1 is 1.42 bits per heavy atom. The molecule has 2 rings (SSSR count). The van der Waals surface area contributed by atoms with Gasteiger partial charge < -0.3 is 10.2 Å². The molecule has 0 aliphatic heterocycles. The quantitative estimate of drug-likeness (QED) is 0.893. The lowest BCUT2D eigenvalue weighted by molar-refractivity contribution is -0.148. The Hall–Kier alpha value is -1.06. The van der Waals surface area contributed by atoms with Crippen LogP contribution in [0, 0.1) is 5.92 Å². The maximum absolute atomic E-state index is 11.6. The van der Waals surface area contributed by atoms with E-state index in [1.807, 2.05) is 0 Å². The first-order valence-corrected chi connectivity index (χ1v) is 7.01. The van der Waals surface area contributed by atoms with Crippen molar-refractivity contribution in [2.75, 3.05) is 0 Å². The number of hydrogen-bond acceptors (Lipinski definition) is 2. The first-order valence-electron chi connectivity index (χ1n) is 6.63. The molecular weight excluding hydrogens is 264 g/mol. The van der Waals surface area contributed by atoms with Crippen molar-refractivity contribution in [1.82, 2.24) is 0 Å². The van der Waals surface area contributed by atoms with Crippen molar-refractivity contribution in [2.45, 2.75) is 44.1 Å². The third-order valence-electron chi connectivity index (χ3n) is 4.11. The lowest BCUT2D eigenvalue weighted by Gasteiger charge is -2.39. The van der Waals surface area contributed by atoms with Gasteiger partial charge in [0, 0.05) is 5.02 Å². The van der Waals surface area contributed by atoms with Crippen LogP contribution in [0.15, 0.2) is 24.3 Å². The average Bonchev–Trinajstić information content (AvgIpc) is 2.33. The van der Waals surface area contributed by atoms with Gasteiger partial charge in [-0.3, -0.25) is 4.79 Å². The van der Waals surface area contributed by atoms with Crippen LogP contribution in [0.3, 0.4) is 0 Å². The molecule has 0 bridgehead atoms. The van der Waals surface area contributed by atoms with Crippen molar-refractivity contribution in [1.29, 1.82) is 0 Å². The molecule has 1 saturated carbocycles. The Labute approximate surface area is 118 Å². The fraction of sp³-hybridized carbons (Fsp3) is 0.533. The molecule has 0 radical (unpaired) electrons. The Balaban J connectivity index is 2.33.